The molecule has 138 valence electrons. The van der Waals surface area contributed by atoms with Gasteiger partial charge >= 0.3 is 5.97 Å². The van der Waals surface area contributed by atoms with Crippen molar-refractivity contribution in [3.63, 3.8) is 0 Å². The molecule has 6 nitrogen and oxygen atoms in total. The Bertz CT molecular complexity index is 841. The van der Waals surface area contributed by atoms with E-state index in [-0.39, 0.29) is 40.9 Å². The summed E-state index contributed by atoms with van der Waals surface area (Å²) in [5.74, 6) is -0.977. The molecule has 2 spiro atoms. The summed E-state index contributed by atoms with van der Waals surface area (Å²) < 4.78 is 17.6. The summed E-state index contributed by atoms with van der Waals surface area (Å²) in [5, 5.41) is 0. The van der Waals surface area contributed by atoms with Crippen LogP contribution in [0.4, 0.5) is 0 Å². The van der Waals surface area contributed by atoms with Crippen molar-refractivity contribution < 1.29 is 28.6 Å². The van der Waals surface area contributed by atoms with Gasteiger partial charge in [0.1, 0.15) is 12.2 Å². The molecule has 0 N–H and O–H groups in total. The number of hydrogen-bond donors (Lipinski definition) is 0. The molecule has 2 saturated heterocycles. The van der Waals surface area contributed by atoms with Gasteiger partial charge in [-0.3, -0.25) is 9.59 Å². The summed E-state index contributed by atoms with van der Waals surface area (Å²) in [6, 6.07) is 0. The van der Waals surface area contributed by atoms with Gasteiger partial charge in [-0.15, -0.1) is 0 Å². The van der Waals surface area contributed by atoms with Crippen LogP contribution in [-0.2, 0) is 28.6 Å². The van der Waals surface area contributed by atoms with Crippen molar-refractivity contribution in [1.82, 2.24) is 0 Å². The largest absolute Gasteiger partial charge is 0.458 e. The molecule has 4 fully saturated rings. The molecule has 0 aromatic carbocycles. The predicted octanol–water partition coefficient (Wildman–Crippen LogP) is 1.36. The number of ether oxygens (including phenoxy) is 3. The van der Waals surface area contributed by atoms with E-state index >= 15 is 0 Å². The Kier molecular flexibility index (Phi) is 2.47. The Morgan fingerprint density at radius 2 is 1.92 bits per heavy atom. The van der Waals surface area contributed by atoms with E-state index in [1.54, 1.807) is 0 Å². The fraction of sp³-hybridized carbons (Fsp3) is 0.750. The highest BCUT2D eigenvalue weighted by molar-refractivity contribution is 6.16. The van der Waals surface area contributed by atoms with Gasteiger partial charge in [0.15, 0.2) is 23.3 Å². The zero-order valence-electron chi connectivity index (χ0n) is 15.2. The Hall–Kier alpha value is -1.53. The van der Waals surface area contributed by atoms with Gasteiger partial charge in [0, 0.05) is 11.0 Å². The number of ketones is 2. The van der Waals surface area contributed by atoms with Crippen molar-refractivity contribution in [2.24, 2.45) is 23.2 Å². The minimum atomic E-state index is -0.951. The SMILES string of the molecule is CC(C)[C@@H]1C(=O)[C@@H]2O[C@@]23[C@@]2(C)CCC4=C(COC4=O)[C@@H]2C[C@@H]2O[C@@]23C1=O. The molecule has 3 aliphatic carbocycles. The third-order valence-electron chi connectivity index (χ3n) is 8.15. The Labute approximate surface area is 151 Å². The zero-order chi connectivity index (χ0) is 18.2. The number of Topliss-reactive ketones (excluding diaryl/α,β-unsaturated/α-hetero) is 2. The normalized spacial score (nSPS) is 53.5. The summed E-state index contributed by atoms with van der Waals surface area (Å²) >= 11 is 0. The molecule has 6 heteroatoms. The number of fused-ring (bicyclic) bond motifs is 2. The molecule has 0 amide bonds. The number of hydrogen-bond acceptors (Lipinski definition) is 6. The number of rotatable bonds is 1. The molecule has 0 aromatic rings. The molecule has 0 bridgehead atoms. The first kappa shape index (κ1) is 15.5. The van der Waals surface area contributed by atoms with Crippen molar-refractivity contribution >= 4 is 17.5 Å². The second kappa shape index (κ2) is 4.14. The summed E-state index contributed by atoms with van der Waals surface area (Å²) in [6.45, 7) is 6.28. The number of epoxide rings is 2. The molecule has 3 heterocycles. The van der Waals surface area contributed by atoms with Crippen LogP contribution in [0.5, 0.6) is 0 Å². The van der Waals surface area contributed by atoms with Gasteiger partial charge in [-0.05, 0) is 36.7 Å². The third kappa shape index (κ3) is 1.29. The van der Waals surface area contributed by atoms with Crippen molar-refractivity contribution in [2.75, 3.05) is 6.61 Å². The molecule has 26 heavy (non-hydrogen) atoms. The number of cyclic esters (lactones) is 1. The van der Waals surface area contributed by atoms with E-state index < -0.39 is 23.2 Å². The number of carbonyl (C=O) groups excluding carboxylic acids is 3. The second-order valence-electron chi connectivity index (χ2n) is 9.35. The van der Waals surface area contributed by atoms with Crippen LogP contribution in [0.25, 0.3) is 0 Å². The first-order valence-corrected chi connectivity index (χ1v) is 9.62. The lowest BCUT2D eigenvalue weighted by Crippen LogP contribution is -2.67. The van der Waals surface area contributed by atoms with E-state index in [2.05, 4.69) is 6.92 Å². The standard InChI is InChI=1S/C20H22O6/c1-8(2)13-14(21)16-20(26-16)18(3)5-4-9-10(7-24-17(9)23)11(18)6-12-19(20,25-12)15(13)22/h8,11-13,16H,4-7H2,1-3H3/t11-,12-,13+,16-,18-,19+,20+/m0/s1. The topological polar surface area (TPSA) is 85.5 Å². The Morgan fingerprint density at radius 3 is 2.65 bits per heavy atom. The lowest BCUT2D eigenvalue weighted by atomic mass is 9.47. The van der Waals surface area contributed by atoms with Crippen LogP contribution in [0.3, 0.4) is 0 Å². The van der Waals surface area contributed by atoms with Crippen molar-refractivity contribution in [3.8, 4) is 0 Å². The molecule has 2 saturated carbocycles. The van der Waals surface area contributed by atoms with Crippen LogP contribution in [0.1, 0.15) is 40.0 Å². The minimum absolute atomic E-state index is 0.0523. The Balaban J connectivity index is 1.50. The smallest absolute Gasteiger partial charge is 0.334 e. The van der Waals surface area contributed by atoms with Crippen molar-refractivity contribution in [3.05, 3.63) is 11.1 Å². The highest BCUT2D eigenvalue weighted by atomic mass is 16.7. The average Bonchev–Trinajstić information content (AvgIpc) is 3.45. The maximum absolute atomic E-state index is 13.4. The molecule has 0 unspecified atom stereocenters. The minimum Gasteiger partial charge on any atom is -0.458 e. The van der Waals surface area contributed by atoms with Crippen molar-refractivity contribution in [1.29, 1.82) is 0 Å². The van der Waals surface area contributed by atoms with E-state index in [4.69, 9.17) is 14.2 Å². The molecule has 7 atom stereocenters. The summed E-state index contributed by atoms with van der Waals surface area (Å²) in [4.78, 5) is 38.4. The van der Waals surface area contributed by atoms with E-state index in [1.165, 1.54) is 0 Å². The first-order valence-electron chi connectivity index (χ1n) is 9.62. The molecular formula is C20H22O6. The third-order valence-corrected chi connectivity index (χ3v) is 8.15. The Morgan fingerprint density at radius 1 is 1.15 bits per heavy atom. The van der Waals surface area contributed by atoms with Gasteiger partial charge in [0.2, 0.25) is 0 Å². The molecular weight excluding hydrogens is 336 g/mol. The van der Waals surface area contributed by atoms with Crippen LogP contribution in [0.2, 0.25) is 0 Å². The van der Waals surface area contributed by atoms with E-state index in [0.717, 1.165) is 11.1 Å². The van der Waals surface area contributed by atoms with Crippen LogP contribution in [0.15, 0.2) is 11.1 Å². The van der Waals surface area contributed by atoms with Crippen LogP contribution in [0, 0.1) is 23.2 Å². The lowest BCUT2D eigenvalue weighted by molar-refractivity contribution is -0.146. The van der Waals surface area contributed by atoms with E-state index in [0.29, 0.717) is 25.9 Å². The predicted molar refractivity (Wildman–Crippen MR) is 87.0 cm³/mol. The fourth-order valence-corrected chi connectivity index (χ4v) is 6.86. The van der Waals surface area contributed by atoms with Gasteiger partial charge in [0.05, 0.1) is 12.0 Å². The van der Waals surface area contributed by atoms with Gasteiger partial charge in [-0.2, -0.15) is 0 Å². The maximum Gasteiger partial charge on any atom is 0.334 e. The second-order valence-corrected chi connectivity index (χ2v) is 9.35. The van der Waals surface area contributed by atoms with Gasteiger partial charge in [-0.25, -0.2) is 4.79 Å². The van der Waals surface area contributed by atoms with Gasteiger partial charge in [0.25, 0.3) is 0 Å². The summed E-state index contributed by atoms with van der Waals surface area (Å²) in [7, 11) is 0. The first-order chi connectivity index (χ1) is 12.3. The monoisotopic (exact) mass is 358 g/mol. The molecule has 6 aliphatic rings. The molecule has 0 radical (unpaired) electrons. The van der Waals surface area contributed by atoms with E-state index in [9.17, 15) is 14.4 Å². The van der Waals surface area contributed by atoms with Crippen LogP contribution in [-0.4, -0.2) is 47.6 Å². The van der Waals surface area contributed by atoms with E-state index in [1.807, 2.05) is 13.8 Å². The molecule has 0 aromatic heterocycles. The summed E-state index contributed by atoms with van der Waals surface area (Å²) in [6.07, 6.45) is 1.28. The van der Waals surface area contributed by atoms with Crippen LogP contribution >= 0.6 is 0 Å². The fourth-order valence-electron chi connectivity index (χ4n) is 6.86. The van der Waals surface area contributed by atoms with Crippen LogP contribution < -0.4 is 0 Å². The average molecular weight is 358 g/mol. The maximum atomic E-state index is 13.4. The quantitative estimate of drug-likeness (QED) is 0.400. The summed E-state index contributed by atoms with van der Waals surface area (Å²) in [5.41, 5.74) is -0.347. The molecule has 3 aliphatic heterocycles. The number of esters is 1. The number of carbonyl (C=O) groups is 3. The lowest BCUT2D eigenvalue weighted by Gasteiger charge is -2.51. The highest BCUT2D eigenvalue weighted by Gasteiger charge is 2.95. The highest BCUT2D eigenvalue weighted by Crippen LogP contribution is 2.77. The van der Waals surface area contributed by atoms with Gasteiger partial charge in [-0.1, -0.05) is 20.8 Å². The molecule has 6 rings (SSSR count). The van der Waals surface area contributed by atoms with Gasteiger partial charge < -0.3 is 14.2 Å². The van der Waals surface area contributed by atoms with Crippen molar-refractivity contribution in [2.45, 2.75) is 63.4 Å². The zero-order valence-corrected chi connectivity index (χ0v) is 15.2.